The van der Waals surface area contributed by atoms with Crippen molar-refractivity contribution in [1.82, 2.24) is 15.4 Å². The largest absolute Gasteiger partial charge is 0.385 e. The van der Waals surface area contributed by atoms with Crippen LogP contribution in [0.3, 0.4) is 0 Å². The van der Waals surface area contributed by atoms with Gasteiger partial charge in [0, 0.05) is 39.4 Å². The number of benzene rings is 1. The van der Waals surface area contributed by atoms with Crippen molar-refractivity contribution in [2.75, 3.05) is 27.3 Å². The molecule has 9 heteroatoms. The van der Waals surface area contributed by atoms with Gasteiger partial charge in [-0.2, -0.15) is 0 Å². The summed E-state index contributed by atoms with van der Waals surface area (Å²) in [4.78, 5) is 4.41. The zero-order valence-corrected chi connectivity index (χ0v) is 19.3. The Morgan fingerprint density at radius 1 is 1.19 bits per heavy atom. The molecule has 1 aromatic carbocycles. The van der Waals surface area contributed by atoms with Crippen molar-refractivity contribution in [2.45, 2.75) is 44.2 Å². The zero-order valence-electron chi connectivity index (χ0n) is 16.1. The van der Waals surface area contributed by atoms with Crippen LogP contribution in [0.15, 0.2) is 34.2 Å². The maximum absolute atomic E-state index is 12.6. The van der Waals surface area contributed by atoms with Crippen LogP contribution < -0.4 is 15.4 Å². The average Bonchev–Trinajstić information content (AvgIpc) is 2.52. The third kappa shape index (κ3) is 9.15. The van der Waals surface area contributed by atoms with Gasteiger partial charge in [0.2, 0.25) is 10.0 Å². The molecule has 0 heterocycles. The highest BCUT2D eigenvalue weighted by Gasteiger charge is 2.24. The molecule has 1 aromatic rings. The number of hydrogen-bond acceptors (Lipinski definition) is 4. The number of guanidine groups is 1. The number of nitrogens with one attached hydrogen (secondary N) is 3. The van der Waals surface area contributed by atoms with Crippen molar-refractivity contribution >= 4 is 40.0 Å². The van der Waals surface area contributed by atoms with Gasteiger partial charge in [-0.25, -0.2) is 13.1 Å². The maximum atomic E-state index is 12.6. The molecule has 0 saturated heterocycles. The van der Waals surface area contributed by atoms with Crippen molar-refractivity contribution in [3.05, 3.63) is 29.8 Å². The van der Waals surface area contributed by atoms with Gasteiger partial charge in [0.05, 0.1) is 4.90 Å². The van der Waals surface area contributed by atoms with Crippen LogP contribution in [0.25, 0.3) is 0 Å². The topological polar surface area (TPSA) is 91.8 Å². The van der Waals surface area contributed by atoms with E-state index in [1.54, 1.807) is 32.4 Å². The Bertz CT molecular complexity index is 673. The van der Waals surface area contributed by atoms with Crippen LogP contribution >= 0.6 is 24.0 Å². The second kappa shape index (κ2) is 11.7. The molecule has 0 radical (unpaired) electrons. The fourth-order valence-corrected chi connectivity index (χ4v) is 3.85. The minimum absolute atomic E-state index is 0. The molecule has 0 bridgehead atoms. The number of aliphatic imine (C=N–C) groups is 1. The number of hydrogen-bond donors (Lipinski definition) is 3. The van der Waals surface area contributed by atoms with E-state index in [2.05, 4.69) is 20.3 Å². The first kappa shape index (κ1) is 25.1. The number of halogens is 1. The summed E-state index contributed by atoms with van der Waals surface area (Å²) >= 11 is 0. The van der Waals surface area contributed by atoms with E-state index in [1.807, 2.05) is 26.8 Å². The normalized spacial score (nSPS) is 12.4. The van der Waals surface area contributed by atoms with Gasteiger partial charge in [-0.15, -0.1) is 24.0 Å². The molecule has 0 saturated carbocycles. The average molecular weight is 498 g/mol. The zero-order chi connectivity index (χ0) is 18.9. The van der Waals surface area contributed by atoms with E-state index >= 15 is 0 Å². The Labute approximate surface area is 174 Å². The van der Waals surface area contributed by atoms with Crippen LogP contribution in [-0.2, 0) is 21.3 Å². The van der Waals surface area contributed by atoms with E-state index in [4.69, 9.17) is 4.74 Å². The van der Waals surface area contributed by atoms with Crippen LogP contribution in [0, 0.1) is 0 Å². The minimum Gasteiger partial charge on any atom is -0.385 e. The van der Waals surface area contributed by atoms with Crippen molar-refractivity contribution < 1.29 is 13.2 Å². The monoisotopic (exact) mass is 498 g/mol. The summed E-state index contributed by atoms with van der Waals surface area (Å²) in [6, 6.07) is 6.95. The van der Waals surface area contributed by atoms with Crippen molar-refractivity contribution in [3.63, 3.8) is 0 Å². The van der Waals surface area contributed by atoms with Gasteiger partial charge in [0.25, 0.3) is 0 Å². The Morgan fingerprint density at radius 2 is 1.85 bits per heavy atom. The number of ether oxygens (including phenoxy) is 1. The Kier molecular flexibility index (Phi) is 11.3. The predicted octanol–water partition coefficient (Wildman–Crippen LogP) is 2.08. The van der Waals surface area contributed by atoms with Crippen LogP contribution in [0.1, 0.15) is 32.8 Å². The molecule has 0 spiro atoms. The van der Waals surface area contributed by atoms with Gasteiger partial charge < -0.3 is 15.4 Å². The Morgan fingerprint density at radius 3 is 2.42 bits per heavy atom. The summed E-state index contributed by atoms with van der Waals surface area (Å²) in [5.74, 6) is 0.618. The lowest BCUT2D eigenvalue weighted by Gasteiger charge is -2.22. The molecule has 0 amide bonds. The highest BCUT2D eigenvalue weighted by atomic mass is 127. The van der Waals surface area contributed by atoms with Crippen LogP contribution in [0.4, 0.5) is 0 Å². The summed E-state index contributed by atoms with van der Waals surface area (Å²) in [6.45, 7) is 7.19. The SMILES string of the molecule is CN=C(NCCCOC)NCc1ccccc1S(=O)(=O)NC(C)(C)C.I. The first-order valence-corrected chi connectivity index (χ1v) is 9.73. The lowest BCUT2D eigenvalue weighted by atomic mass is 10.1. The molecule has 0 aromatic heterocycles. The van der Waals surface area contributed by atoms with Gasteiger partial charge in [0.15, 0.2) is 5.96 Å². The molecule has 0 fully saturated rings. The van der Waals surface area contributed by atoms with E-state index < -0.39 is 15.6 Å². The predicted molar refractivity (Wildman–Crippen MR) is 117 cm³/mol. The highest BCUT2D eigenvalue weighted by Crippen LogP contribution is 2.17. The van der Waals surface area contributed by atoms with Crippen LogP contribution in [-0.4, -0.2) is 47.2 Å². The van der Waals surface area contributed by atoms with Gasteiger partial charge in [-0.3, -0.25) is 4.99 Å². The third-order valence-electron chi connectivity index (χ3n) is 3.19. The van der Waals surface area contributed by atoms with E-state index in [0.29, 0.717) is 24.7 Å². The fraction of sp³-hybridized carbons (Fsp3) is 0.588. The van der Waals surface area contributed by atoms with Gasteiger partial charge in [0.1, 0.15) is 0 Å². The summed E-state index contributed by atoms with van der Waals surface area (Å²) in [6.07, 6.45) is 0.859. The number of rotatable bonds is 8. The van der Waals surface area contributed by atoms with E-state index in [-0.39, 0.29) is 28.9 Å². The molecule has 0 aliphatic rings. The van der Waals surface area contributed by atoms with E-state index in [9.17, 15) is 8.42 Å². The highest BCUT2D eigenvalue weighted by molar-refractivity contribution is 14.0. The van der Waals surface area contributed by atoms with Crippen molar-refractivity contribution in [1.29, 1.82) is 0 Å². The molecule has 0 atom stereocenters. The second-order valence-corrected chi connectivity index (χ2v) is 8.31. The lowest BCUT2D eigenvalue weighted by molar-refractivity contribution is 0.195. The van der Waals surface area contributed by atoms with E-state index in [0.717, 1.165) is 13.0 Å². The molecular weight excluding hydrogens is 467 g/mol. The van der Waals surface area contributed by atoms with Crippen LogP contribution in [0.5, 0.6) is 0 Å². The van der Waals surface area contributed by atoms with Gasteiger partial charge in [-0.05, 0) is 38.8 Å². The molecule has 7 nitrogen and oxygen atoms in total. The second-order valence-electron chi connectivity index (χ2n) is 6.66. The minimum atomic E-state index is -3.59. The number of nitrogens with zero attached hydrogens (tertiary/aromatic N) is 1. The first-order valence-electron chi connectivity index (χ1n) is 8.25. The fourth-order valence-electron chi connectivity index (χ4n) is 2.19. The molecule has 0 unspecified atom stereocenters. The summed E-state index contributed by atoms with van der Waals surface area (Å²) in [5, 5.41) is 6.31. The molecular formula is C17H31IN4O3S. The maximum Gasteiger partial charge on any atom is 0.241 e. The summed E-state index contributed by atoms with van der Waals surface area (Å²) in [7, 11) is -0.256. The molecule has 0 aliphatic carbocycles. The molecule has 3 N–H and O–H groups in total. The first-order chi connectivity index (χ1) is 11.7. The van der Waals surface area contributed by atoms with E-state index in [1.165, 1.54) is 0 Å². The lowest BCUT2D eigenvalue weighted by Crippen LogP contribution is -2.41. The quantitative estimate of drug-likeness (QED) is 0.221. The number of sulfonamides is 1. The third-order valence-corrected chi connectivity index (χ3v) is 5.05. The van der Waals surface area contributed by atoms with Gasteiger partial charge in [-0.1, -0.05) is 18.2 Å². The molecule has 0 aliphatic heterocycles. The standard InChI is InChI=1S/C17H30N4O3S.HI/c1-17(2,3)21-25(22,23)15-10-7-6-9-14(15)13-20-16(18-4)19-11-8-12-24-5;/h6-7,9-10,21H,8,11-13H2,1-5H3,(H2,18,19,20);1H. The van der Waals surface area contributed by atoms with Gasteiger partial charge >= 0.3 is 0 Å². The van der Waals surface area contributed by atoms with Crippen molar-refractivity contribution in [3.8, 4) is 0 Å². The number of methoxy groups -OCH3 is 1. The molecule has 1 rings (SSSR count). The Balaban J connectivity index is 0.00000625. The molecule has 150 valence electrons. The Hall–Kier alpha value is -0.910. The summed E-state index contributed by atoms with van der Waals surface area (Å²) in [5.41, 5.74) is 0.136. The summed E-state index contributed by atoms with van der Waals surface area (Å²) < 4.78 is 32.9. The smallest absolute Gasteiger partial charge is 0.241 e. The van der Waals surface area contributed by atoms with Crippen molar-refractivity contribution in [2.24, 2.45) is 4.99 Å². The molecule has 26 heavy (non-hydrogen) atoms. The van der Waals surface area contributed by atoms with Crippen LogP contribution in [0.2, 0.25) is 0 Å².